The first-order valence-corrected chi connectivity index (χ1v) is 11.1. The minimum atomic E-state index is -3.66. The highest BCUT2D eigenvalue weighted by molar-refractivity contribution is 7.89. The molecule has 0 saturated heterocycles. The SMILES string of the molecule is CCOC1CC(NC(=NC)NCc2ccc(S(N)(=O)=O)cc2)C1(CC)CC. The molecular weight excluding hydrogens is 364 g/mol. The minimum Gasteiger partial charge on any atom is -0.378 e. The quantitative estimate of drug-likeness (QED) is 0.460. The summed E-state index contributed by atoms with van der Waals surface area (Å²) in [7, 11) is -1.92. The molecule has 1 aliphatic rings. The molecule has 2 rings (SSSR count). The number of hydrogen-bond donors (Lipinski definition) is 3. The van der Waals surface area contributed by atoms with Crippen molar-refractivity contribution < 1.29 is 13.2 Å². The van der Waals surface area contributed by atoms with Crippen molar-refractivity contribution in [1.29, 1.82) is 0 Å². The van der Waals surface area contributed by atoms with Gasteiger partial charge >= 0.3 is 0 Å². The summed E-state index contributed by atoms with van der Waals surface area (Å²) in [6.07, 6.45) is 3.37. The number of ether oxygens (including phenoxy) is 1. The van der Waals surface area contributed by atoms with E-state index in [4.69, 9.17) is 9.88 Å². The van der Waals surface area contributed by atoms with Crippen LogP contribution in [0.1, 0.15) is 45.6 Å². The van der Waals surface area contributed by atoms with E-state index in [0.717, 1.165) is 37.4 Å². The molecule has 27 heavy (non-hydrogen) atoms. The van der Waals surface area contributed by atoms with E-state index in [2.05, 4.69) is 29.5 Å². The summed E-state index contributed by atoms with van der Waals surface area (Å²) in [5.41, 5.74) is 1.08. The molecule has 1 aliphatic carbocycles. The molecule has 4 N–H and O–H groups in total. The minimum absolute atomic E-state index is 0.112. The highest BCUT2D eigenvalue weighted by atomic mass is 32.2. The lowest BCUT2D eigenvalue weighted by atomic mass is 9.58. The third kappa shape index (κ3) is 4.80. The Balaban J connectivity index is 1.96. The van der Waals surface area contributed by atoms with E-state index in [0.29, 0.717) is 18.7 Å². The lowest BCUT2D eigenvalue weighted by Gasteiger charge is -2.55. The summed E-state index contributed by atoms with van der Waals surface area (Å²) in [5.74, 6) is 0.733. The van der Waals surface area contributed by atoms with Gasteiger partial charge in [0.25, 0.3) is 0 Å². The Bertz CT molecular complexity index is 743. The van der Waals surface area contributed by atoms with E-state index in [1.54, 1.807) is 19.2 Å². The fourth-order valence-electron chi connectivity index (χ4n) is 3.93. The van der Waals surface area contributed by atoms with Crippen molar-refractivity contribution in [3.63, 3.8) is 0 Å². The van der Waals surface area contributed by atoms with Crippen molar-refractivity contribution in [3.05, 3.63) is 29.8 Å². The summed E-state index contributed by atoms with van der Waals surface area (Å²) >= 11 is 0. The first-order valence-electron chi connectivity index (χ1n) is 9.51. The van der Waals surface area contributed by atoms with Gasteiger partial charge in [0.2, 0.25) is 10.0 Å². The van der Waals surface area contributed by atoms with Crippen LogP contribution in [0, 0.1) is 5.41 Å². The van der Waals surface area contributed by atoms with Gasteiger partial charge in [-0.1, -0.05) is 26.0 Å². The van der Waals surface area contributed by atoms with Crippen LogP contribution in [0.4, 0.5) is 0 Å². The first kappa shape index (κ1) is 21.7. The predicted molar refractivity (Wildman–Crippen MR) is 108 cm³/mol. The zero-order valence-electron chi connectivity index (χ0n) is 16.7. The zero-order chi connectivity index (χ0) is 20.1. The highest BCUT2D eigenvalue weighted by Crippen LogP contribution is 2.48. The highest BCUT2D eigenvalue weighted by Gasteiger charge is 2.53. The van der Waals surface area contributed by atoms with Gasteiger partial charge in [0.1, 0.15) is 0 Å². The number of nitrogens with one attached hydrogen (secondary N) is 2. The fourth-order valence-corrected chi connectivity index (χ4v) is 4.44. The van der Waals surface area contributed by atoms with Crippen LogP contribution in [-0.2, 0) is 21.3 Å². The Morgan fingerprint density at radius 1 is 1.26 bits per heavy atom. The maximum absolute atomic E-state index is 11.3. The Morgan fingerprint density at radius 2 is 1.89 bits per heavy atom. The van der Waals surface area contributed by atoms with Crippen molar-refractivity contribution in [2.75, 3.05) is 13.7 Å². The van der Waals surface area contributed by atoms with Gasteiger partial charge < -0.3 is 15.4 Å². The Morgan fingerprint density at radius 3 is 2.37 bits per heavy atom. The number of aliphatic imine (C=N–C) groups is 1. The number of guanidine groups is 1. The Kier molecular flexibility index (Phi) is 7.25. The van der Waals surface area contributed by atoms with Gasteiger partial charge in [-0.15, -0.1) is 0 Å². The van der Waals surface area contributed by atoms with E-state index in [1.165, 1.54) is 12.1 Å². The van der Waals surface area contributed by atoms with Gasteiger partial charge in [0.05, 0.1) is 11.0 Å². The van der Waals surface area contributed by atoms with E-state index in [-0.39, 0.29) is 10.3 Å². The molecule has 0 aliphatic heterocycles. The second-order valence-electron chi connectivity index (χ2n) is 6.93. The number of sulfonamides is 1. The molecule has 1 saturated carbocycles. The zero-order valence-corrected chi connectivity index (χ0v) is 17.5. The number of primary sulfonamides is 1. The molecule has 152 valence electrons. The van der Waals surface area contributed by atoms with Gasteiger partial charge in [-0.3, -0.25) is 4.99 Å². The molecule has 0 aromatic heterocycles. The number of hydrogen-bond acceptors (Lipinski definition) is 4. The third-order valence-electron chi connectivity index (χ3n) is 5.72. The molecule has 1 aromatic carbocycles. The van der Waals surface area contributed by atoms with Gasteiger partial charge in [0, 0.05) is 31.7 Å². The van der Waals surface area contributed by atoms with E-state index < -0.39 is 10.0 Å². The maximum Gasteiger partial charge on any atom is 0.238 e. The first-order chi connectivity index (χ1) is 12.8. The second kappa shape index (κ2) is 9.03. The summed E-state index contributed by atoms with van der Waals surface area (Å²) in [6.45, 7) is 7.75. The monoisotopic (exact) mass is 396 g/mol. The van der Waals surface area contributed by atoms with Gasteiger partial charge in [-0.05, 0) is 43.9 Å². The van der Waals surface area contributed by atoms with Crippen molar-refractivity contribution in [2.45, 2.75) is 63.6 Å². The van der Waals surface area contributed by atoms with Crippen LogP contribution in [0.25, 0.3) is 0 Å². The summed E-state index contributed by atoms with van der Waals surface area (Å²) < 4.78 is 28.6. The number of nitrogens with zero attached hydrogens (tertiary/aromatic N) is 1. The summed E-state index contributed by atoms with van der Waals surface area (Å²) in [4.78, 5) is 4.44. The molecule has 8 heteroatoms. The van der Waals surface area contributed by atoms with Crippen LogP contribution in [0.2, 0.25) is 0 Å². The average molecular weight is 397 g/mol. The van der Waals surface area contributed by atoms with E-state index in [9.17, 15) is 8.42 Å². The number of nitrogens with two attached hydrogens (primary N) is 1. The smallest absolute Gasteiger partial charge is 0.238 e. The standard InChI is InChI=1S/C19H32N4O3S/c1-5-19(6-2)16(12-17(19)26-7-3)23-18(21-4)22-13-14-8-10-15(11-9-14)27(20,24)25/h8-11,16-17H,5-7,12-13H2,1-4H3,(H2,20,24,25)(H2,21,22,23). The van der Waals surface area contributed by atoms with Crippen molar-refractivity contribution in [3.8, 4) is 0 Å². The van der Waals surface area contributed by atoms with Gasteiger partial charge in [-0.25, -0.2) is 13.6 Å². The average Bonchev–Trinajstić information content (AvgIpc) is 2.64. The van der Waals surface area contributed by atoms with E-state index >= 15 is 0 Å². The lowest BCUT2D eigenvalue weighted by Crippen LogP contribution is -2.65. The molecule has 1 fully saturated rings. The van der Waals surface area contributed by atoms with E-state index in [1.807, 2.05) is 6.92 Å². The van der Waals surface area contributed by atoms with Crippen molar-refractivity contribution in [1.82, 2.24) is 10.6 Å². The topological polar surface area (TPSA) is 106 Å². The fraction of sp³-hybridized carbons (Fsp3) is 0.632. The molecule has 0 radical (unpaired) electrons. The molecule has 0 heterocycles. The maximum atomic E-state index is 11.3. The molecule has 0 spiro atoms. The molecule has 1 aromatic rings. The largest absolute Gasteiger partial charge is 0.378 e. The van der Waals surface area contributed by atoms with Crippen molar-refractivity contribution in [2.24, 2.45) is 15.5 Å². The lowest BCUT2D eigenvalue weighted by molar-refractivity contribution is -0.133. The Hall–Kier alpha value is -1.64. The predicted octanol–water partition coefficient (Wildman–Crippen LogP) is 1.98. The van der Waals surface area contributed by atoms with Crippen LogP contribution in [0.5, 0.6) is 0 Å². The number of benzene rings is 1. The molecule has 0 amide bonds. The summed E-state index contributed by atoms with van der Waals surface area (Å²) in [5, 5.41) is 12.0. The second-order valence-corrected chi connectivity index (χ2v) is 8.49. The van der Waals surface area contributed by atoms with Crippen LogP contribution in [0.3, 0.4) is 0 Å². The van der Waals surface area contributed by atoms with Gasteiger partial charge in [-0.2, -0.15) is 0 Å². The molecule has 7 nitrogen and oxygen atoms in total. The van der Waals surface area contributed by atoms with Crippen LogP contribution in [0.15, 0.2) is 34.2 Å². The van der Waals surface area contributed by atoms with Crippen LogP contribution < -0.4 is 15.8 Å². The van der Waals surface area contributed by atoms with Crippen LogP contribution >= 0.6 is 0 Å². The van der Waals surface area contributed by atoms with Crippen LogP contribution in [-0.4, -0.2) is 40.2 Å². The van der Waals surface area contributed by atoms with Gasteiger partial charge in [0.15, 0.2) is 5.96 Å². The third-order valence-corrected chi connectivity index (χ3v) is 6.64. The number of rotatable bonds is 8. The summed E-state index contributed by atoms with van der Waals surface area (Å²) in [6, 6.07) is 6.84. The molecule has 2 atom stereocenters. The molecule has 2 unspecified atom stereocenters. The van der Waals surface area contributed by atoms with Crippen molar-refractivity contribution >= 4 is 16.0 Å². The normalized spacial score (nSPS) is 22.2. The Labute approximate surface area is 162 Å². The molecular formula is C19H32N4O3S. The molecule has 0 bridgehead atoms.